The Labute approximate surface area is 385 Å². The summed E-state index contributed by atoms with van der Waals surface area (Å²) in [6.07, 6.45) is 5.96. The molecule has 66 heavy (non-hydrogen) atoms. The molecule has 312 valence electrons. The first-order valence-electron chi connectivity index (χ1n) is 23.1. The number of rotatable bonds is 7. The number of nitrogens with zero attached hydrogens (tertiary/aromatic N) is 1. The third-order valence-corrected chi connectivity index (χ3v) is 14.4. The fourth-order valence-electron chi connectivity index (χ4n) is 11.4. The average Bonchev–Trinajstić information content (AvgIpc) is 3.92. The molecule has 2 aliphatic carbocycles. The minimum atomic E-state index is -0.503. The standard InChI is InChI=1S/C64H45NO/c1-42-33-37-46(64(45-18-3-2-4-19-45)58-29-11-7-21-53(58)54-22-8-12-30-59(54)64)41-61(42)65(47-38-34-44(35-39-47)49-25-15-28-57-56-24-10-14-32-62(56)66-63(49)57)60-31-13-9-23-55(60)51-27-16-26-50-48-20-6-5-17-43(48)36-40-52(50)51/h2-32,34-42H,33H2,1H3. The number of hydrogen-bond acceptors (Lipinski definition) is 2. The van der Waals surface area contributed by atoms with Gasteiger partial charge in [-0.15, -0.1) is 0 Å². The summed E-state index contributed by atoms with van der Waals surface area (Å²) >= 11 is 0. The number of allylic oxidation sites excluding steroid dienone is 4. The van der Waals surface area contributed by atoms with E-state index in [2.05, 4.69) is 242 Å². The fraction of sp³-hybridized carbons (Fsp3) is 0.0625. The number of benzene rings is 10. The van der Waals surface area contributed by atoms with Gasteiger partial charge in [-0.05, 0) is 103 Å². The molecular weight excluding hydrogens is 799 g/mol. The molecule has 2 aliphatic rings. The molecule has 2 heteroatoms. The molecule has 11 aromatic rings. The molecule has 0 radical (unpaired) electrons. The van der Waals surface area contributed by atoms with E-state index in [0.717, 1.165) is 50.9 Å². The van der Waals surface area contributed by atoms with Crippen molar-refractivity contribution < 1.29 is 4.42 Å². The summed E-state index contributed by atoms with van der Waals surface area (Å²) in [5, 5.41) is 7.29. The first kappa shape index (κ1) is 38.3. The maximum atomic E-state index is 6.55. The second kappa shape index (κ2) is 15.2. The number of hydrogen-bond donors (Lipinski definition) is 0. The first-order valence-corrected chi connectivity index (χ1v) is 23.1. The van der Waals surface area contributed by atoms with Crippen molar-refractivity contribution in [2.24, 2.45) is 5.92 Å². The van der Waals surface area contributed by atoms with E-state index in [9.17, 15) is 0 Å². The Hall–Kier alpha value is -8.20. The topological polar surface area (TPSA) is 16.4 Å². The van der Waals surface area contributed by atoms with Gasteiger partial charge in [-0.3, -0.25) is 0 Å². The van der Waals surface area contributed by atoms with E-state index in [0.29, 0.717) is 0 Å². The van der Waals surface area contributed by atoms with Crippen LogP contribution < -0.4 is 4.90 Å². The molecule has 0 bridgehead atoms. The summed E-state index contributed by atoms with van der Waals surface area (Å²) in [6, 6.07) is 82.4. The predicted molar refractivity (Wildman–Crippen MR) is 276 cm³/mol. The number of para-hydroxylation sites is 3. The fourth-order valence-corrected chi connectivity index (χ4v) is 11.4. The Balaban J connectivity index is 1.04. The molecule has 0 aliphatic heterocycles. The van der Waals surface area contributed by atoms with Crippen LogP contribution in [0.5, 0.6) is 0 Å². The molecule has 0 spiro atoms. The van der Waals surface area contributed by atoms with Gasteiger partial charge in [0.15, 0.2) is 0 Å². The van der Waals surface area contributed by atoms with Crippen LogP contribution in [0.3, 0.4) is 0 Å². The average molecular weight is 844 g/mol. The smallest absolute Gasteiger partial charge is 0.143 e. The third kappa shape index (κ3) is 5.74. The van der Waals surface area contributed by atoms with Crippen LogP contribution in [0.1, 0.15) is 30.0 Å². The minimum Gasteiger partial charge on any atom is -0.455 e. The van der Waals surface area contributed by atoms with Gasteiger partial charge in [-0.1, -0.05) is 213 Å². The maximum Gasteiger partial charge on any atom is 0.143 e. The second-order valence-corrected chi connectivity index (χ2v) is 17.9. The van der Waals surface area contributed by atoms with E-state index in [4.69, 9.17) is 4.42 Å². The summed E-state index contributed by atoms with van der Waals surface area (Å²) in [4.78, 5) is 2.56. The van der Waals surface area contributed by atoms with E-state index in [1.165, 1.54) is 71.8 Å². The van der Waals surface area contributed by atoms with Crippen molar-refractivity contribution in [3.05, 3.63) is 265 Å². The van der Waals surface area contributed by atoms with Gasteiger partial charge in [0.2, 0.25) is 0 Å². The number of furan rings is 1. The largest absolute Gasteiger partial charge is 0.455 e. The highest BCUT2D eigenvalue weighted by Gasteiger charge is 2.47. The van der Waals surface area contributed by atoms with E-state index in [1.54, 1.807) is 0 Å². The van der Waals surface area contributed by atoms with Crippen molar-refractivity contribution in [1.82, 2.24) is 0 Å². The van der Waals surface area contributed by atoms with Crippen LogP contribution in [-0.2, 0) is 5.41 Å². The summed E-state index contributed by atoms with van der Waals surface area (Å²) in [5.41, 5.74) is 17.3. The molecule has 10 aromatic carbocycles. The highest BCUT2D eigenvalue weighted by atomic mass is 16.3. The first-order chi connectivity index (χ1) is 32.7. The number of anilines is 2. The Morgan fingerprint density at radius 3 is 1.85 bits per heavy atom. The summed E-state index contributed by atoms with van der Waals surface area (Å²) in [5.74, 6) is 0.210. The Morgan fingerprint density at radius 2 is 1.06 bits per heavy atom. The van der Waals surface area contributed by atoms with Crippen molar-refractivity contribution in [2.75, 3.05) is 4.90 Å². The second-order valence-electron chi connectivity index (χ2n) is 17.9. The molecule has 0 saturated heterocycles. The van der Waals surface area contributed by atoms with Gasteiger partial charge in [0.25, 0.3) is 0 Å². The molecule has 13 rings (SSSR count). The van der Waals surface area contributed by atoms with Crippen molar-refractivity contribution >= 4 is 54.9 Å². The molecule has 0 amide bonds. The quantitative estimate of drug-likeness (QED) is 0.149. The van der Waals surface area contributed by atoms with Crippen LogP contribution in [0.25, 0.3) is 76.9 Å². The lowest BCUT2D eigenvalue weighted by Crippen LogP contribution is -2.32. The van der Waals surface area contributed by atoms with Crippen LogP contribution in [0.2, 0.25) is 0 Å². The summed E-state index contributed by atoms with van der Waals surface area (Å²) in [7, 11) is 0. The molecule has 1 aromatic heterocycles. The zero-order valence-electron chi connectivity index (χ0n) is 36.7. The highest BCUT2D eigenvalue weighted by molar-refractivity contribution is 6.13. The van der Waals surface area contributed by atoms with Crippen molar-refractivity contribution in [1.29, 1.82) is 0 Å². The lowest BCUT2D eigenvalue weighted by Gasteiger charge is -2.40. The summed E-state index contributed by atoms with van der Waals surface area (Å²) < 4.78 is 6.55. The Kier molecular flexibility index (Phi) is 8.83. The SMILES string of the molecule is CC1CC=C(C2(c3ccccc3)c3ccccc3-c3ccccc32)C=C1N(c1ccc(-c2cccc3c2oc2ccccc23)cc1)c1ccccc1-c1cccc2c1ccc1ccccc12. The van der Waals surface area contributed by atoms with E-state index in [1.807, 2.05) is 6.07 Å². The lowest BCUT2D eigenvalue weighted by molar-refractivity contribution is 0.642. The Bertz CT molecular complexity index is 3710. The molecule has 0 fully saturated rings. The van der Waals surface area contributed by atoms with Gasteiger partial charge < -0.3 is 9.32 Å². The van der Waals surface area contributed by atoms with Crippen LogP contribution in [0.15, 0.2) is 252 Å². The van der Waals surface area contributed by atoms with Crippen LogP contribution in [0.4, 0.5) is 11.4 Å². The monoisotopic (exact) mass is 843 g/mol. The van der Waals surface area contributed by atoms with Crippen molar-refractivity contribution in [3.8, 4) is 33.4 Å². The molecular formula is C64H45NO. The van der Waals surface area contributed by atoms with Gasteiger partial charge >= 0.3 is 0 Å². The van der Waals surface area contributed by atoms with Crippen LogP contribution in [0, 0.1) is 5.92 Å². The predicted octanol–water partition coefficient (Wildman–Crippen LogP) is 17.2. The van der Waals surface area contributed by atoms with Crippen molar-refractivity contribution in [3.63, 3.8) is 0 Å². The van der Waals surface area contributed by atoms with E-state index < -0.39 is 5.41 Å². The van der Waals surface area contributed by atoms with Gasteiger partial charge in [0.1, 0.15) is 11.2 Å². The third-order valence-electron chi connectivity index (χ3n) is 14.4. The normalized spacial score (nSPS) is 15.1. The molecule has 2 nitrogen and oxygen atoms in total. The zero-order chi connectivity index (χ0) is 43.8. The molecule has 1 unspecified atom stereocenters. The van der Waals surface area contributed by atoms with Gasteiger partial charge in [-0.25, -0.2) is 0 Å². The highest BCUT2D eigenvalue weighted by Crippen LogP contribution is 2.58. The van der Waals surface area contributed by atoms with E-state index in [-0.39, 0.29) is 5.92 Å². The molecule has 0 N–H and O–H groups in total. The van der Waals surface area contributed by atoms with Crippen molar-refractivity contribution in [2.45, 2.75) is 18.8 Å². The van der Waals surface area contributed by atoms with Gasteiger partial charge in [0.05, 0.1) is 11.1 Å². The van der Waals surface area contributed by atoms with Crippen LogP contribution in [-0.4, -0.2) is 0 Å². The van der Waals surface area contributed by atoms with Gasteiger partial charge in [-0.2, -0.15) is 0 Å². The van der Waals surface area contributed by atoms with E-state index >= 15 is 0 Å². The molecule has 1 heterocycles. The molecule has 1 atom stereocenters. The molecule has 0 saturated carbocycles. The lowest BCUT2D eigenvalue weighted by atomic mass is 9.65. The number of fused-ring (bicyclic) bond motifs is 9. The summed E-state index contributed by atoms with van der Waals surface area (Å²) in [6.45, 7) is 2.39. The zero-order valence-corrected chi connectivity index (χ0v) is 36.7. The van der Waals surface area contributed by atoms with Crippen LogP contribution >= 0.6 is 0 Å². The maximum absolute atomic E-state index is 6.55. The van der Waals surface area contributed by atoms with Gasteiger partial charge in [0, 0.05) is 39.2 Å². The minimum absolute atomic E-state index is 0.210. The Morgan fingerprint density at radius 1 is 0.455 bits per heavy atom.